The number of fused-ring (bicyclic) bond motifs is 1. The van der Waals surface area contributed by atoms with Gasteiger partial charge in [-0.25, -0.2) is 9.97 Å². The summed E-state index contributed by atoms with van der Waals surface area (Å²) in [5.41, 5.74) is 8.59. The molecule has 5 rings (SSSR count). The molecule has 2 unspecified atom stereocenters. The number of carbonyl (C=O) groups excluding carboxylic acids is 1. The zero-order valence-electron chi connectivity index (χ0n) is 25.9. The van der Waals surface area contributed by atoms with Gasteiger partial charge in [0.25, 0.3) is 0 Å². The normalized spacial score (nSPS) is 15.7. The molecule has 1 fully saturated rings. The summed E-state index contributed by atoms with van der Waals surface area (Å²) in [6.45, 7) is 10.8. The summed E-state index contributed by atoms with van der Waals surface area (Å²) in [6, 6.07) is 17.7. The van der Waals surface area contributed by atoms with Crippen LogP contribution in [0.4, 0.5) is 5.82 Å². The van der Waals surface area contributed by atoms with Crippen LogP contribution in [0.2, 0.25) is 0 Å². The van der Waals surface area contributed by atoms with Crippen molar-refractivity contribution >= 4 is 22.6 Å². The summed E-state index contributed by atoms with van der Waals surface area (Å²) in [6.07, 6.45) is 7.44. The van der Waals surface area contributed by atoms with Crippen LogP contribution in [0.1, 0.15) is 83.1 Å². The highest BCUT2D eigenvalue weighted by molar-refractivity contribution is 5.83. The summed E-state index contributed by atoms with van der Waals surface area (Å²) >= 11 is 0. The van der Waals surface area contributed by atoms with E-state index in [1.165, 1.54) is 0 Å². The zero-order chi connectivity index (χ0) is 30.4. The molecule has 8 nitrogen and oxygen atoms in total. The van der Waals surface area contributed by atoms with Crippen molar-refractivity contribution in [2.24, 2.45) is 11.3 Å². The molecular formula is C35H45N5O3. The predicted octanol–water partition coefficient (Wildman–Crippen LogP) is 7.65. The number of carbonyl (C=O) groups is 1. The van der Waals surface area contributed by atoms with Gasteiger partial charge in [-0.3, -0.25) is 4.79 Å². The standard InChI is InChI=1S/C35H45N5O3/c1-24(34-37-17-18-38-34)40(19-16-35(2,3)4)32(41)13-11-29(25-14-20-42-21-15-25)30-23-26-22-28(10-12-31(26)39-33(30)36)43-27-8-6-5-7-9-27/h5-10,12,17-18,22-25,29H,11,13-16,19-21H2,1-4H3,(H2,36,39)(H,37,38). The van der Waals surface area contributed by atoms with Crippen molar-refractivity contribution in [3.8, 4) is 11.5 Å². The van der Waals surface area contributed by atoms with Crippen molar-refractivity contribution in [1.82, 2.24) is 19.9 Å². The summed E-state index contributed by atoms with van der Waals surface area (Å²) in [5, 5.41) is 0.972. The first-order valence-electron chi connectivity index (χ1n) is 15.5. The molecule has 1 aliphatic rings. The lowest BCUT2D eigenvalue weighted by atomic mass is 9.78. The Morgan fingerprint density at radius 3 is 2.58 bits per heavy atom. The van der Waals surface area contributed by atoms with E-state index in [2.05, 4.69) is 43.7 Å². The quantitative estimate of drug-likeness (QED) is 0.188. The average molecular weight is 584 g/mol. The smallest absolute Gasteiger partial charge is 0.223 e. The number of rotatable bonds is 11. The summed E-state index contributed by atoms with van der Waals surface area (Å²) < 4.78 is 11.8. The van der Waals surface area contributed by atoms with Gasteiger partial charge in [0.05, 0.1) is 11.6 Å². The van der Waals surface area contributed by atoms with Gasteiger partial charge in [0, 0.05) is 44.0 Å². The minimum absolute atomic E-state index is 0.0897. The fourth-order valence-electron chi connectivity index (χ4n) is 6.00. The molecule has 2 aromatic carbocycles. The van der Waals surface area contributed by atoms with E-state index in [-0.39, 0.29) is 23.3 Å². The lowest BCUT2D eigenvalue weighted by Crippen LogP contribution is -2.37. The van der Waals surface area contributed by atoms with Gasteiger partial charge in [-0.05, 0) is 91.8 Å². The van der Waals surface area contributed by atoms with Gasteiger partial charge < -0.3 is 25.1 Å². The molecule has 2 atom stereocenters. The first-order chi connectivity index (χ1) is 20.7. The van der Waals surface area contributed by atoms with Gasteiger partial charge in [-0.1, -0.05) is 39.0 Å². The topological polar surface area (TPSA) is 106 Å². The van der Waals surface area contributed by atoms with Crippen LogP contribution in [-0.2, 0) is 9.53 Å². The molecule has 228 valence electrons. The molecule has 3 N–H and O–H groups in total. The molecule has 0 bridgehead atoms. The second-order valence-electron chi connectivity index (χ2n) is 12.9. The Bertz CT molecular complexity index is 1480. The molecular weight excluding hydrogens is 538 g/mol. The Hall–Kier alpha value is -3.91. The third-order valence-electron chi connectivity index (χ3n) is 8.53. The largest absolute Gasteiger partial charge is 0.457 e. The van der Waals surface area contributed by atoms with Crippen molar-refractivity contribution in [1.29, 1.82) is 0 Å². The molecule has 1 saturated heterocycles. The van der Waals surface area contributed by atoms with Crippen LogP contribution in [0.5, 0.6) is 11.5 Å². The fraction of sp³-hybridized carbons (Fsp3) is 0.457. The minimum Gasteiger partial charge on any atom is -0.457 e. The summed E-state index contributed by atoms with van der Waals surface area (Å²) in [7, 11) is 0. The second-order valence-corrected chi connectivity index (χ2v) is 12.9. The van der Waals surface area contributed by atoms with E-state index in [1.807, 2.05) is 59.6 Å². The Balaban J connectivity index is 1.40. The maximum Gasteiger partial charge on any atom is 0.223 e. The monoisotopic (exact) mass is 583 g/mol. The molecule has 2 aromatic heterocycles. The van der Waals surface area contributed by atoms with Crippen LogP contribution in [-0.4, -0.2) is 45.5 Å². The number of imidazole rings is 1. The van der Waals surface area contributed by atoms with Crippen molar-refractivity contribution in [2.45, 2.75) is 71.8 Å². The molecule has 0 spiro atoms. The van der Waals surface area contributed by atoms with Crippen LogP contribution in [0.3, 0.4) is 0 Å². The van der Waals surface area contributed by atoms with Crippen molar-refractivity contribution in [3.63, 3.8) is 0 Å². The number of amides is 1. The minimum atomic E-state index is -0.137. The lowest BCUT2D eigenvalue weighted by Gasteiger charge is -2.34. The number of nitrogens with one attached hydrogen (secondary N) is 1. The number of nitrogens with two attached hydrogens (primary N) is 1. The van der Waals surface area contributed by atoms with Gasteiger partial charge in [-0.15, -0.1) is 0 Å². The van der Waals surface area contributed by atoms with Crippen molar-refractivity contribution in [3.05, 3.63) is 78.4 Å². The number of nitrogen functional groups attached to an aromatic ring is 1. The molecule has 0 radical (unpaired) electrons. The molecule has 0 saturated carbocycles. The Morgan fingerprint density at radius 1 is 1.12 bits per heavy atom. The van der Waals surface area contributed by atoms with Gasteiger partial charge in [-0.2, -0.15) is 0 Å². The number of aromatic amines is 1. The lowest BCUT2D eigenvalue weighted by molar-refractivity contribution is -0.134. The van der Waals surface area contributed by atoms with Gasteiger partial charge in [0.1, 0.15) is 23.1 Å². The van der Waals surface area contributed by atoms with Gasteiger partial charge in [0.2, 0.25) is 5.91 Å². The fourth-order valence-corrected chi connectivity index (χ4v) is 6.00. The molecule has 43 heavy (non-hydrogen) atoms. The first kappa shape index (κ1) is 30.5. The first-order valence-corrected chi connectivity index (χ1v) is 15.5. The van der Waals surface area contributed by atoms with Crippen LogP contribution < -0.4 is 10.5 Å². The SMILES string of the molecule is CC(c1ncc[nH]1)N(CCC(C)(C)C)C(=O)CCC(c1cc2cc(Oc3ccccc3)ccc2nc1N)C1CCOCC1. The second kappa shape index (κ2) is 13.6. The molecule has 4 aromatic rings. The number of hydrogen-bond acceptors (Lipinski definition) is 6. The highest BCUT2D eigenvalue weighted by Gasteiger charge is 2.31. The van der Waals surface area contributed by atoms with Crippen LogP contribution in [0.15, 0.2) is 67.0 Å². The third-order valence-corrected chi connectivity index (χ3v) is 8.53. The summed E-state index contributed by atoms with van der Waals surface area (Å²) in [4.78, 5) is 28.4. The number of nitrogens with zero attached hydrogens (tertiary/aromatic N) is 3. The third kappa shape index (κ3) is 7.93. The summed E-state index contributed by atoms with van der Waals surface area (Å²) in [5.74, 6) is 3.45. The predicted molar refractivity (Wildman–Crippen MR) is 171 cm³/mol. The zero-order valence-corrected chi connectivity index (χ0v) is 25.9. The molecule has 3 heterocycles. The van der Waals surface area contributed by atoms with E-state index >= 15 is 0 Å². The van der Waals surface area contributed by atoms with E-state index in [0.29, 0.717) is 31.1 Å². The molecule has 0 aliphatic carbocycles. The molecule has 1 aliphatic heterocycles. The maximum atomic E-state index is 13.9. The van der Waals surface area contributed by atoms with E-state index in [1.54, 1.807) is 6.20 Å². The van der Waals surface area contributed by atoms with Crippen molar-refractivity contribution < 1.29 is 14.3 Å². The van der Waals surface area contributed by atoms with Crippen molar-refractivity contribution in [2.75, 3.05) is 25.5 Å². The van der Waals surface area contributed by atoms with E-state index in [4.69, 9.17) is 20.2 Å². The highest BCUT2D eigenvalue weighted by atomic mass is 16.5. The van der Waals surface area contributed by atoms with E-state index < -0.39 is 0 Å². The Morgan fingerprint density at radius 2 is 1.88 bits per heavy atom. The molecule has 8 heteroatoms. The molecule has 1 amide bonds. The van der Waals surface area contributed by atoms with Gasteiger partial charge in [0.15, 0.2) is 0 Å². The average Bonchev–Trinajstić information content (AvgIpc) is 3.53. The Labute approximate surface area is 255 Å². The van der Waals surface area contributed by atoms with Crippen LogP contribution in [0, 0.1) is 11.3 Å². The number of anilines is 1. The number of H-pyrrole nitrogens is 1. The number of pyridine rings is 1. The number of ether oxygens (including phenoxy) is 2. The number of hydrogen-bond donors (Lipinski definition) is 2. The Kier molecular flexibility index (Phi) is 9.65. The number of para-hydroxylation sites is 1. The van der Waals surface area contributed by atoms with Crippen LogP contribution >= 0.6 is 0 Å². The van der Waals surface area contributed by atoms with E-state index in [9.17, 15) is 4.79 Å². The number of aromatic nitrogens is 3. The number of benzene rings is 2. The van der Waals surface area contributed by atoms with E-state index in [0.717, 1.165) is 66.3 Å². The van der Waals surface area contributed by atoms with Crippen LogP contribution in [0.25, 0.3) is 10.9 Å². The highest BCUT2D eigenvalue weighted by Crippen LogP contribution is 2.40. The van der Waals surface area contributed by atoms with Gasteiger partial charge >= 0.3 is 0 Å². The maximum absolute atomic E-state index is 13.9.